The first-order valence-electron chi connectivity index (χ1n) is 7.48. The lowest BCUT2D eigenvalue weighted by Crippen LogP contribution is -2.38. The molecular weight excluding hydrogens is 296 g/mol. The molecule has 2 aromatic rings. The molecule has 7 heteroatoms. The number of morpholine rings is 1. The molecule has 120 valence electrons. The highest BCUT2D eigenvalue weighted by molar-refractivity contribution is 5.93. The van der Waals surface area contributed by atoms with Crippen molar-refractivity contribution in [2.24, 2.45) is 0 Å². The van der Waals surface area contributed by atoms with Gasteiger partial charge in [0.2, 0.25) is 0 Å². The van der Waals surface area contributed by atoms with Crippen molar-refractivity contribution in [3.63, 3.8) is 0 Å². The van der Waals surface area contributed by atoms with Crippen molar-refractivity contribution in [2.45, 2.75) is 6.54 Å². The van der Waals surface area contributed by atoms with Crippen molar-refractivity contribution in [2.75, 3.05) is 31.2 Å². The van der Waals surface area contributed by atoms with Gasteiger partial charge >= 0.3 is 0 Å². The zero-order valence-electron chi connectivity index (χ0n) is 12.6. The van der Waals surface area contributed by atoms with Crippen LogP contribution in [0.2, 0.25) is 0 Å². The van der Waals surface area contributed by atoms with Gasteiger partial charge < -0.3 is 19.9 Å². The second-order valence-electron chi connectivity index (χ2n) is 5.18. The average Bonchev–Trinajstić information content (AvgIpc) is 2.61. The van der Waals surface area contributed by atoms with Crippen LogP contribution in [0.1, 0.15) is 15.9 Å². The van der Waals surface area contributed by atoms with E-state index < -0.39 is 11.5 Å². The zero-order valence-corrected chi connectivity index (χ0v) is 12.6. The molecule has 0 aliphatic carbocycles. The molecule has 2 aromatic heterocycles. The predicted molar refractivity (Wildman–Crippen MR) is 85.5 cm³/mol. The minimum absolute atomic E-state index is 0.101. The molecule has 1 aliphatic rings. The summed E-state index contributed by atoms with van der Waals surface area (Å²) in [5.41, 5.74) is 0.615. The molecule has 3 heterocycles. The standard InChI is InChI=1S/C16H18N4O3/c21-15-13(4-2-6-18-15)16(22)19-11-12-3-1-5-17-14(12)20-7-9-23-10-8-20/h1-6H,7-11H2,(H,18,21)(H,19,22). The molecule has 1 fully saturated rings. The molecule has 0 spiro atoms. The van der Waals surface area contributed by atoms with Crippen LogP contribution in [0, 0.1) is 0 Å². The Morgan fingerprint density at radius 3 is 2.91 bits per heavy atom. The highest BCUT2D eigenvalue weighted by atomic mass is 16.5. The first-order valence-corrected chi connectivity index (χ1v) is 7.48. The normalized spacial score (nSPS) is 14.5. The van der Waals surface area contributed by atoms with E-state index in [0.29, 0.717) is 19.8 Å². The van der Waals surface area contributed by atoms with Gasteiger partial charge in [-0.2, -0.15) is 0 Å². The van der Waals surface area contributed by atoms with E-state index in [1.54, 1.807) is 12.3 Å². The van der Waals surface area contributed by atoms with Crippen LogP contribution in [0.3, 0.4) is 0 Å². The van der Waals surface area contributed by atoms with E-state index >= 15 is 0 Å². The van der Waals surface area contributed by atoms with Crippen molar-refractivity contribution in [1.29, 1.82) is 0 Å². The largest absolute Gasteiger partial charge is 0.378 e. The topological polar surface area (TPSA) is 87.3 Å². The van der Waals surface area contributed by atoms with Gasteiger partial charge in [0, 0.05) is 37.6 Å². The summed E-state index contributed by atoms with van der Waals surface area (Å²) >= 11 is 0. The number of pyridine rings is 2. The molecule has 0 bridgehead atoms. The fraction of sp³-hybridized carbons (Fsp3) is 0.312. The number of aromatic amines is 1. The van der Waals surface area contributed by atoms with E-state index in [0.717, 1.165) is 24.5 Å². The Balaban J connectivity index is 1.72. The van der Waals surface area contributed by atoms with E-state index in [1.165, 1.54) is 12.3 Å². The summed E-state index contributed by atoms with van der Waals surface area (Å²) in [6.45, 7) is 3.20. The number of nitrogens with one attached hydrogen (secondary N) is 2. The molecule has 7 nitrogen and oxygen atoms in total. The first-order chi connectivity index (χ1) is 11.3. The highest BCUT2D eigenvalue weighted by Gasteiger charge is 2.16. The van der Waals surface area contributed by atoms with Crippen LogP contribution in [0.5, 0.6) is 0 Å². The zero-order chi connectivity index (χ0) is 16.1. The maximum absolute atomic E-state index is 12.1. The van der Waals surface area contributed by atoms with Crippen LogP contribution in [0.15, 0.2) is 41.5 Å². The Morgan fingerprint density at radius 1 is 1.30 bits per heavy atom. The Bertz CT molecular complexity index is 738. The van der Waals surface area contributed by atoms with Gasteiger partial charge in [-0.3, -0.25) is 9.59 Å². The Hall–Kier alpha value is -2.67. The van der Waals surface area contributed by atoms with Gasteiger partial charge in [-0.05, 0) is 18.2 Å². The summed E-state index contributed by atoms with van der Waals surface area (Å²) in [7, 11) is 0. The lowest BCUT2D eigenvalue weighted by Gasteiger charge is -2.29. The van der Waals surface area contributed by atoms with Gasteiger partial charge in [0.05, 0.1) is 13.2 Å². The molecule has 1 saturated heterocycles. The molecule has 23 heavy (non-hydrogen) atoms. The van der Waals surface area contributed by atoms with Gasteiger partial charge in [0.15, 0.2) is 0 Å². The molecule has 3 rings (SSSR count). The van der Waals surface area contributed by atoms with Crippen LogP contribution in [-0.4, -0.2) is 42.2 Å². The van der Waals surface area contributed by atoms with E-state index in [2.05, 4.69) is 20.2 Å². The number of carbonyl (C=O) groups excluding carboxylic acids is 1. The van der Waals surface area contributed by atoms with Crippen molar-refractivity contribution in [3.8, 4) is 0 Å². The third-order valence-electron chi connectivity index (χ3n) is 3.68. The van der Waals surface area contributed by atoms with Crippen molar-refractivity contribution in [1.82, 2.24) is 15.3 Å². The second kappa shape index (κ2) is 7.06. The molecule has 0 aromatic carbocycles. The van der Waals surface area contributed by atoms with Gasteiger partial charge in [-0.25, -0.2) is 4.98 Å². The van der Waals surface area contributed by atoms with Crippen LogP contribution in [0.25, 0.3) is 0 Å². The molecule has 0 radical (unpaired) electrons. The van der Waals surface area contributed by atoms with Crippen LogP contribution < -0.4 is 15.8 Å². The number of ether oxygens (including phenoxy) is 1. The quantitative estimate of drug-likeness (QED) is 0.860. The minimum atomic E-state index is -0.399. The lowest BCUT2D eigenvalue weighted by atomic mass is 10.2. The number of H-pyrrole nitrogens is 1. The second-order valence-corrected chi connectivity index (χ2v) is 5.18. The number of hydrogen-bond donors (Lipinski definition) is 2. The van der Waals surface area contributed by atoms with E-state index in [9.17, 15) is 9.59 Å². The van der Waals surface area contributed by atoms with E-state index in [-0.39, 0.29) is 5.56 Å². The number of rotatable bonds is 4. The third-order valence-corrected chi connectivity index (χ3v) is 3.68. The fourth-order valence-electron chi connectivity index (χ4n) is 2.50. The Morgan fingerprint density at radius 2 is 2.13 bits per heavy atom. The van der Waals surface area contributed by atoms with Gasteiger partial charge in [-0.15, -0.1) is 0 Å². The molecule has 0 saturated carbocycles. The first kappa shape index (κ1) is 15.2. The number of carbonyl (C=O) groups is 1. The number of aromatic nitrogens is 2. The summed E-state index contributed by atoms with van der Waals surface area (Å²) in [4.78, 5) is 32.8. The molecule has 1 aliphatic heterocycles. The number of anilines is 1. The summed E-state index contributed by atoms with van der Waals surface area (Å²) in [5, 5.41) is 2.78. The molecule has 0 atom stereocenters. The van der Waals surface area contributed by atoms with Gasteiger partial charge in [0.25, 0.3) is 11.5 Å². The maximum Gasteiger partial charge on any atom is 0.260 e. The SMILES string of the molecule is O=C(NCc1cccnc1N1CCOCC1)c1ccc[nH]c1=O. The Labute approximate surface area is 133 Å². The van der Waals surface area contributed by atoms with Crippen LogP contribution in [-0.2, 0) is 11.3 Å². The lowest BCUT2D eigenvalue weighted by molar-refractivity contribution is 0.0949. The highest BCUT2D eigenvalue weighted by Crippen LogP contribution is 2.18. The molecule has 1 amide bonds. The number of nitrogens with zero attached hydrogens (tertiary/aromatic N) is 2. The van der Waals surface area contributed by atoms with Gasteiger partial charge in [0.1, 0.15) is 11.4 Å². The van der Waals surface area contributed by atoms with E-state index in [1.807, 2.05) is 12.1 Å². The maximum atomic E-state index is 12.1. The summed E-state index contributed by atoms with van der Waals surface area (Å²) in [6.07, 6.45) is 3.23. The van der Waals surface area contributed by atoms with Gasteiger partial charge in [-0.1, -0.05) is 6.07 Å². The van der Waals surface area contributed by atoms with Crippen LogP contribution >= 0.6 is 0 Å². The predicted octanol–water partition coefficient (Wildman–Crippen LogP) is 0.536. The van der Waals surface area contributed by atoms with Crippen molar-refractivity contribution < 1.29 is 9.53 Å². The summed E-state index contributed by atoms with van der Waals surface area (Å²) in [5.74, 6) is 0.446. The van der Waals surface area contributed by atoms with Crippen molar-refractivity contribution >= 4 is 11.7 Å². The van der Waals surface area contributed by atoms with Crippen molar-refractivity contribution in [3.05, 3.63) is 58.1 Å². The van der Waals surface area contributed by atoms with E-state index in [4.69, 9.17) is 4.74 Å². The number of amides is 1. The molecule has 2 N–H and O–H groups in total. The minimum Gasteiger partial charge on any atom is -0.378 e. The fourth-order valence-corrected chi connectivity index (χ4v) is 2.50. The molecular formula is C16H18N4O3. The summed E-state index contributed by atoms with van der Waals surface area (Å²) < 4.78 is 5.35. The molecule has 0 unspecified atom stereocenters. The number of hydrogen-bond acceptors (Lipinski definition) is 5. The third kappa shape index (κ3) is 3.57. The Kier molecular flexibility index (Phi) is 4.68. The van der Waals surface area contributed by atoms with Crippen LogP contribution in [0.4, 0.5) is 5.82 Å². The average molecular weight is 314 g/mol. The summed E-state index contributed by atoms with van der Waals surface area (Å²) in [6, 6.07) is 6.88. The smallest absolute Gasteiger partial charge is 0.260 e. The monoisotopic (exact) mass is 314 g/mol.